The maximum atomic E-state index is 11.9. The molecule has 1 rings (SSSR count). The van der Waals surface area contributed by atoms with Crippen LogP contribution in [0.2, 0.25) is 0 Å². The Kier molecular flexibility index (Phi) is 6.00. The highest BCUT2D eigenvalue weighted by atomic mass is 16.3. The van der Waals surface area contributed by atoms with Gasteiger partial charge in [-0.05, 0) is 0 Å². The summed E-state index contributed by atoms with van der Waals surface area (Å²) in [4.78, 5) is 16.9. The Balaban J connectivity index is 2.74. The van der Waals surface area contributed by atoms with Gasteiger partial charge in [0.1, 0.15) is 18.0 Å². The lowest BCUT2D eigenvalue weighted by atomic mass is 10.2. The molecule has 0 radical (unpaired) electrons. The lowest BCUT2D eigenvalue weighted by Gasteiger charge is -2.19. The number of aromatic nitrogens is 3. The number of amides is 1. The molecule has 1 heterocycles. The number of nitrogens with one attached hydrogen (secondary N) is 2. The van der Waals surface area contributed by atoms with E-state index in [2.05, 4.69) is 20.5 Å². The van der Waals surface area contributed by atoms with E-state index in [1.165, 1.54) is 17.4 Å². The summed E-state index contributed by atoms with van der Waals surface area (Å²) in [6.45, 7) is -0.415. The number of anilines is 1. The van der Waals surface area contributed by atoms with Gasteiger partial charge in [0.2, 0.25) is 5.95 Å². The number of aliphatic hydroxyl groups is 2. The number of aromatic amines is 1. The standard InChI is InChI=1S/C10H14N6O3/c11-5-8(6-12-10-13-7-14-15-10)9(19)16(1-3-17)2-4-18/h6-7,17-18H,1-4H2,(H2,12,13,14,15)/b8-6-. The second-order valence-corrected chi connectivity index (χ2v) is 3.39. The van der Waals surface area contributed by atoms with Crippen LogP contribution in [-0.2, 0) is 4.79 Å². The van der Waals surface area contributed by atoms with Crippen molar-refractivity contribution in [1.82, 2.24) is 20.1 Å². The summed E-state index contributed by atoms with van der Waals surface area (Å²) >= 11 is 0. The van der Waals surface area contributed by atoms with E-state index in [9.17, 15) is 4.79 Å². The Morgan fingerprint density at radius 2 is 2.21 bits per heavy atom. The van der Waals surface area contributed by atoms with E-state index in [4.69, 9.17) is 15.5 Å². The van der Waals surface area contributed by atoms with E-state index in [0.717, 1.165) is 0 Å². The van der Waals surface area contributed by atoms with Crippen molar-refractivity contribution in [2.75, 3.05) is 31.6 Å². The predicted molar refractivity (Wildman–Crippen MR) is 64.5 cm³/mol. The fraction of sp³-hybridized carbons (Fsp3) is 0.400. The molecule has 1 amide bonds. The van der Waals surface area contributed by atoms with Gasteiger partial charge in [-0.15, -0.1) is 0 Å². The predicted octanol–water partition coefficient (Wildman–Crippen LogP) is -1.56. The molecule has 19 heavy (non-hydrogen) atoms. The van der Waals surface area contributed by atoms with Crippen LogP contribution in [0.5, 0.6) is 0 Å². The van der Waals surface area contributed by atoms with Crippen LogP contribution < -0.4 is 5.32 Å². The van der Waals surface area contributed by atoms with Gasteiger partial charge in [0, 0.05) is 19.3 Å². The molecule has 0 saturated heterocycles. The Morgan fingerprint density at radius 1 is 1.53 bits per heavy atom. The number of hydrogen-bond acceptors (Lipinski definition) is 7. The molecule has 0 atom stereocenters. The van der Waals surface area contributed by atoms with Crippen molar-refractivity contribution >= 4 is 11.9 Å². The maximum Gasteiger partial charge on any atom is 0.266 e. The molecule has 1 aromatic heterocycles. The average molecular weight is 266 g/mol. The quantitative estimate of drug-likeness (QED) is 0.345. The van der Waals surface area contributed by atoms with E-state index in [-0.39, 0.29) is 37.8 Å². The van der Waals surface area contributed by atoms with Crippen molar-refractivity contribution in [3.63, 3.8) is 0 Å². The van der Waals surface area contributed by atoms with Gasteiger partial charge in [-0.3, -0.25) is 4.79 Å². The van der Waals surface area contributed by atoms with Crippen LogP contribution in [0.3, 0.4) is 0 Å². The number of nitriles is 1. The molecule has 0 aliphatic carbocycles. The number of nitrogens with zero attached hydrogens (tertiary/aromatic N) is 4. The Bertz CT molecular complexity index is 458. The number of rotatable bonds is 7. The van der Waals surface area contributed by atoms with Gasteiger partial charge in [-0.25, -0.2) is 5.10 Å². The first-order valence-corrected chi connectivity index (χ1v) is 5.46. The lowest BCUT2D eigenvalue weighted by Crippen LogP contribution is -2.36. The van der Waals surface area contributed by atoms with Gasteiger partial charge >= 0.3 is 0 Å². The summed E-state index contributed by atoms with van der Waals surface area (Å²) in [5, 5.41) is 35.3. The van der Waals surface area contributed by atoms with Gasteiger partial charge in [-0.2, -0.15) is 15.3 Å². The van der Waals surface area contributed by atoms with E-state index in [1.807, 2.05) is 0 Å². The number of aliphatic hydroxyl groups excluding tert-OH is 2. The van der Waals surface area contributed by atoms with Gasteiger partial charge in [-0.1, -0.05) is 0 Å². The molecule has 9 nitrogen and oxygen atoms in total. The summed E-state index contributed by atoms with van der Waals surface area (Å²) in [6, 6.07) is 1.74. The monoisotopic (exact) mass is 266 g/mol. The van der Waals surface area contributed by atoms with Crippen molar-refractivity contribution in [1.29, 1.82) is 5.26 Å². The van der Waals surface area contributed by atoms with Gasteiger partial charge < -0.3 is 20.4 Å². The maximum absolute atomic E-state index is 11.9. The molecule has 0 saturated carbocycles. The number of carbonyl (C=O) groups excluding carboxylic acids is 1. The van der Waals surface area contributed by atoms with Crippen LogP contribution in [0.25, 0.3) is 0 Å². The molecule has 0 spiro atoms. The van der Waals surface area contributed by atoms with Crippen molar-refractivity contribution in [3.8, 4) is 6.07 Å². The van der Waals surface area contributed by atoms with Crippen molar-refractivity contribution < 1.29 is 15.0 Å². The van der Waals surface area contributed by atoms with Crippen LogP contribution in [0, 0.1) is 11.3 Å². The minimum absolute atomic E-state index is 0.0424. The average Bonchev–Trinajstić information content (AvgIpc) is 2.92. The van der Waals surface area contributed by atoms with Crippen LogP contribution in [0.15, 0.2) is 18.1 Å². The molecule has 0 fully saturated rings. The number of H-pyrrole nitrogens is 1. The van der Waals surface area contributed by atoms with E-state index in [0.29, 0.717) is 0 Å². The van der Waals surface area contributed by atoms with Gasteiger partial charge in [0.25, 0.3) is 5.91 Å². The largest absolute Gasteiger partial charge is 0.395 e. The third-order valence-corrected chi connectivity index (χ3v) is 2.15. The molecule has 4 N–H and O–H groups in total. The highest BCUT2D eigenvalue weighted by Gasteiger charge is 2.17. The molecule has 102 valence electrons. The smallest absolute Gasteiger partial charge is 0.266 e. The molecule has 0 unspecified atom stereocenters. The molecular formula is C10H14N6O3. The lowest BCUT2D eigenvalue weighted by molar-refractivity contribution is -0.127. The summed E-state index contributed by atoms with van der Waals surface area (Å²) in [5.74, 6) is -0.297. The minimum Gasteiger partial charge on any atom is -0.395 e. The molecule has 1 aromatic rings. The second-order valence-electron chi connectivity index (χ2n) is 3.39. The third-order valence-electron chi connectivity index (χ3n) is 2.15. The first-order valence-electron chi connectivity index (χ1n) is 5.46. The minimum atomic E-state index is -0.586. The molecule has 0 aliphatic rings. The zero-order valence-corrected chi connectivity index (χ0v) is 10.1. The third kappa shape index (κ3) is 4.38. The number of carbonyl (C=O) groups is 1. The summed E-state index contributed by atoms with van der Waals surface area (Å²) < 4.78 is 0. The molecular weight excluding hydrogens is 252 g/mol. The van der Waals surface area contributed by atoms with E-state index < -0.39 is 5.91 Å². The highest BCUT2D eigenvalue weighted by Crippen LogP contribution is 2.02. The molecule has 0 bridgehead atoms. The Morgan fingerprint density at radius 3 is 2.68 bits per heavy atom. The zero-order chi connectivity index (χ0) is 14.1. The Labute approximate surface area is 109 Å². The first-order chi connectivity index (χ1) is 9.22. The fourth-order valence-electron chi connectivity index (χ4n) is 1.28. The SMILES string of the molecule is N#C/C(=C/Nc1ncn[nH]1)C(=O)N(CCO)CCO. The summed E-state index contributed by atoms with van der Waals surface area (Å²) in [7, 11) is 0. The van der Waals surface area contributed by atoms with Crippen molar-refractivity contribution in [2.45, 2.75) is 0 Å². The fourth-order valence-corrected chi connectivity index (χ4v) is 1.28. The second kappa shape index (κ2) is 7.80. The normalized spacial score (nSPS) is 10.9. The van der Waals surface area contributed by atoms with Crippen LogP contribution in [0.1, 0.15) is 0 Å². The molecule has 0 aromatic carbocycles. The first kappa shape index (κ1) is 14.6. The zero-order valence-electron chi connectivity index (χ0n) is 10.1. The Hall–Kier alpha value is -2.44. The van der Waals surface area contributed by atoms with Gasteiger partial charge in [0.05, 0.1) is 13.2 Å². The van der Waals surface area contributed by atoms with Gasteiger partial charge in [0.15, 0.2) is 0 Å². The molecule has 9 heteroatoms. The van der Waals surface area contributed by atoms with Crippen LogP contribution in [0.4, 0.5) is 5.95 Å². The van der Waals surface area contributed by atoms with E-state index in [1.54, 1.807) is 6.07 Å². The molecule has 0 aliphatic heterocycles. The summed E-state index contributed by atoms with van der Waals surface area (Å²) in [6.07, 6.45) is 2.46. The van der Waals surface area contributed by atoms with Crippen molar-refractivity contribution in [3.05, 3.63) is 18.1 Å². The summed E-state index contributed by atoms with van der Waals surface area (Å²) in [5.41, 5.74) is -0.168. The highest BCUT2D eigenvalue weighted by molar-refractivity contribution is 5.97. The van der Waals surface area contributed by atoms with Crippen LogP contribution >= 0.6 is 0 Å². The topological polar surface area (TPSA) is 138 Å². The van der Waals surface area contributed by atoms with Crippen molar-refractivity contribution in [2.24, 2.45) is 0 Å². The van der Waals surface area contributed by atoms with E-state index >= 15 is 0 Å². The number of hydrogen-bond donors (Lipinski definition) is 4. The van der Waals surface area contributed by atoms with Crippen LogP contribution in [-0.4, -0.2) is 62.5 Å².